The Morgan fingerprint density at radius 1 is 0.871 bits per heavy atom. The zero-order chi connectivity index (χ0) is 23.7. The lowest BCUT2D eigenvalue weighted by atomic mass is 10.0. The molecule has 0 aliphatic heterocycles. The lowest BCUT2D eigenvalue weighted by Gasteiger charge is -2.24. The van der Waals surface area contributed by atoms with Gasteiger partial charge in [-0.3, -0.25) is 19.2 Å². The maximum Gasteiger partial charge on any atom is 0.325 e. The topological polar surface area (TPSA) is 171 Å². The quantitative estimate of drug-likeness (QED) is 0.281. The number of rotatable bonds is 11. The zero-order valence-electron chi connectivity index (χ0n) is 18.2. The van der Waals surface area contributed by atoms with Gasteiger partial charge in [0.2, 0.25) is 17.7 Å². The van der Waals surface area contributed by atoms with Crippen LogP contribution in [0.25, 0.3) is 0 Å². The van der Waals surface area contributed by atoms with Crippen LogP contribution in [-0.2, 0) is 25.6 Å². The van der Waals surface area contributed by atoms with Gasteiger partial charge in [0.05, 0.1) is 6.04 Å². The smallest absolute Gasteiger partial charge is 0.325 e. The fraction of sp³-hybridized carbons (Fsp3) is 0.524. The molecule has 0 heterocycles. The molecule has 0 aliphatic carbocycles. The van der Waals surface area contributed by atoms with Gasteiger partial charge in [0, 0.05) is 0 Å². The van der Waals surface area contributed by atoms with Crippen LogP contribution in [0.1, 0.15) is 39.7 Å². The fourth-order valence-electron chi connectivity index (χ4n) is 2.74. The van der Waals surface area contributed by atoms with Crippen LogP contribution in [0.3, 0.4) is 0 Å². The van der Waals surface area contributed by atoms with Gasteiger partial charge < -0.3 is 31.9 Å². The highest BCUT2D eigenvalue weighted by Gasteiger charge is 2.28. The predicted molar refractivity (Wildman–Crippen MR) is 114 cm³/mol. The molecular formula is C21H32N4O6. The zero-order valence-corrected chi connectivity index (χ0v) is 18.2. The maximum absolute atomic E-state index is 12.7. The molecule has 0 bridgehead atoms. The Labute approximate surface area is 181 Å². The summed E-state index contributed by atoms with van der Waals surface area (Å²) in [4.78, 5) is 48.2. The first-order chi connectivity index (χ1) is 14.4. The highest BCUT2D eigenvalue weighted by Crippen LogP contribution is 2.11. The molecule has 0 fully saturated rings. The average molecular weight is 437 g/mol. The Balaban J connectivity index is 2.74. The van der Waals surface area contributed by atoms with E-state index in [9.17, 15) is 24.3 Å². The third kappa shape index (κ3) is 9.04. The number of carboxylic acid groups (broad SMARTS) is 1. The summed E-state index contributed by atoms with van der Waals surface area (Å²) in [6.45, 7) is 6.50. The highest BCUT2D eigenvalue weighted by molar-refractivity contribution is 5.93. The molecule has 0 saturated carbocycles. The number of nitrogens with one attached hydrogen (secondary N) is 3. The van der Waals surface area contributed by atoms with Gasteiger partial charge in [-0.1, -0.05) is 26.0 Å². The molecule has 0 aliphatic rings. The van der Waals surface area contributed by atoms with E-state index >= 15 is 0 Å². The number of phenolic OH excluding ortho intramolecular Hbond substituents is 1. The summed E-state index contributed by atoms with van der Waals surface area (Å²) < 4.78 is 0. The van der Waals surface area contributed by atoms with Crippen LogP contribution in [0, 0.1) is 5.92 Å². The Kier molecular flexibility index (Phi) is 9.94. The van der Waals surface area contributed by atoms with E-state index in [1.165, 1.54) is 26.0 Å². The first-order valence-electron chi connectivity index (χ1n) is 10.1. The molecule has 10 nitrogen and oxygen atoms in total. The molecule has 4 unspecified atom stereocenters. The third-order valence-corrected chi connectivity index (χ3v) is 4.55. The second-order valence-corrected chi connectivity index (χ2v) is 7.97. The molecule has 4 atom stereocenters. The van der Waals surface area contributed by atoms with Crippen molar-refractivity contribution in [3.63, 3.8) is 0 Å². The van der Waals surface area contributed by atoms with E-state index in [0.717, 1.165) is 5.56 Å². The van der Waals surface area contributed by atoms with Crippen molar-refractivity contribution in [1.29, 1.82) is 0 Å². The van der Waals surface area contributed by atoms with Crippen molar-refractivity contribution in [1.82, 2.24) is 16.0 Å². The number of benzene rings is 1. The largest absolute Gasteiger partial charge is 0.508 e. The van der Waals surface area contributed by atoms with Gasteiger partial charge in [0.1, 0.15) is 23.9 Å². The van der Waals surface area contributed by atoms with Crippen molar-refractivity contribution in [2.45, 2.75) is 64.7 Å². The minimum atomic E-state index is -1.19. The lowest BCUT2D eigenvalue weighted by molar-refractivity contribution is -0.141. The summed E-state index contributed by atoms with van der Waals surface area (Å²) in [5.74, 6) is -2.76. The van der Waals surface area contributed by atoms with Crippen LogP contribution < -0.4 is 21.7 Å². The lowest BCUT2D eigenvalue weighted by Crippen LogP contribution is -2.56. The summed E-state index contributed by atoms with van der Waals surface area (Å²) in [6, 6.07) is 2.37. The number of aromatic hydroxyl groups is 1. The van der Waals surface area contributed by atoms with Crippen LogP contribution in [-0.4, -0.2) is 58.1 Å². The second kappa shape index (κ2) is 11.9. The molecular weight excluding hydrogens is 404 g/mol. The van der Waals surface area contributed by atoms with E-state index in [-0.39, 0.29) is 18.1 Å². The number of hydrogen-bond acceptors (Lipinski definition) is 6. The molecule has 0 aromatic heterocycles. The normalized spacial score (nSPS) is 14.8. The standard InChI is InChI=1S/C21H32N4O6/c1-11(2)9-17(20(29)23-12(3)18(27)24-13(4)21(30)31)25-19(28)16(22)10-14-5-7-15(26)8-6-14/h5-8,11-13,16-17,26H,9-10,22H2,1-4H3,(H,23,29)(H,24,27)(H,25,28)(H,30,31). The molecule has 7 N–H and O–H groups in total. The first-order valence-corrected chi connectivity index (χ1v) is 10.1. The minimum Gasteiger partial charge on any atom is -0.508 e. The first kappa shape index (κ1) is 25.9. The van der Waals surface area contributed by atoms with Crippen LogP contribution in [0.4, 0.5) is 0 Å². The molecule has 172 valence electrons. The summed E-state index contributed by atoms with van der Waals surface area (Å²) in [6.07, 6.45) is 0.539. The van der Waals surface area contributed by atoms with Crippen molar-refractivity contribution >= 4 is 23.7 Å². The number of aliphatic carboxylic acids is 1. The fourth-order valence-corrected chi connectivity index (χ4v) is 2.74. The number of amides is 3. The highest BCUT2D eigenvalue weighted by atomic mass is 16.4. The molecule has 3 amide bonds. The molecule has 1 aromatic carbocycles. The Morgan fingerprint density at radius 3 is 1.94 bits per heavy atom. The SMILES string of the molecule is CC(C)CC(NC(=O)C(N)Cc1ccc(O)cc1)C(=O)NC(C)C(=O)NC(C)C(=O)O. The molecule has 1 aromatic rings. The van der Waals surface area contributed by atoms with Gasteiger partial charge in [0.15, 0.2) is 0 Å². The maximum atomic E-state index is 12.7. The van der Waals surface area contributed by atoms with Gasteiger partial charge in [-0.2, -0.15) is 0 Å². The van der Waals surface area contributed by atoms with Crippen molar-refractivity contribution in [3.8, 4) is 5.75 Å². The summed E-state index contributed by atoms with van der Waals surface area (Å²) >= 11 is 0. The second-order valence-electron chi connectivity index (χ2n) is 7.97. The molecule has 0 radical (unpaired) electrons. The number of carbonyl (C=O) groups is 4. The number of hydrogen-bond donors (Lipinski definition) is 6. The monoisotopic (exact) mass is 436 g/mol. The molecule has 10 heteroatoms. The molecule has 31 heavy (non-hydrogen) atoms. The van der Waals surface area contributed by atoms with E-state index in [4.69, 9.17) is 10.8 Å². The number of carboxylic acids is 1. The Hall–Kier alpha value is -3.14. The predicted octanol–water partition coefficient (Wildman–Crippen LogP) is -0.113. The minimum absolute atomic E-state index is 0.0699. The van der Waals surface area contributed by atoms with Crippen molar-refractivity contribution in [2.24, 2.45) is 11.7 Å². The van der Waals surface area contributed by atoms with Crippen molar-refractivity contribution < 1.29 is 29.4 Å². The van der Waals surface area contributed by atoms with Crippen molar-refractivity contribution in [3.05, 3.63) is 29.8 Å². The van der Waals surface area contributed by atoms with E-state index in [2.05, 4.69) is 16.0 Å². The third-order valence-electron chi connectivity index (χ3n) is 4.55. The summed E-state index contributed by atoms with van der Waals surface area (Å²) in [5.41, 5.74) is 6.73. The molecule has 0 saturated heterocycles. The van der Waals surface area contributed by atoms with E-state index in [0.29, 0.717) is 6.42 Å². The van der Waals surface area contributed by atoms with Gasteiger partial charge in [-0.25, -0.2) is 0 Å². The van der Waals surface area contributed by atoms with Gasteiger partial charge in [-0.05, 0) is 50.3 Å². The van der Waals surface area contributed by atoms with Crippen LogP contribution in [0.15, 0.2) is 24.3 Å². The molecule has 1 rings (SSSR count). The average Bonchev–Trinajstić information content (AvgIpc) is 2.68. The van der Waals surface area contributed by atoms with E-state index in [1.807, 2.05) is 13.8 Å². The van der Waals surface area contributed by atoms with Crippen LogP contribution in [0.5, 0.6) is 5.75 Å². The van der Waals surface area contributed by atoms with Crippen LogP contribution >= 0.6 is 0 Å². The van der Waals surface area contributed by atoms with Gasteiger partial charge >= 0.3 is 5.97 Å². The summed E-state index contributed by atoms with van der Waals surface area (Å²) in [5, 5.41) is 25.6. The van der Waals surface area contributed by atoms with Crippen molar-refractivity contribution in [2.75, 3.05) is 0 Å². The van der Waals surface area contributed by atoms with Crippen LogP contribution in [0.2, 0.25) is 0 Å². The number of carbonyl (C=O) groups excluding carboxylic acids is 3. The van der Waals surface area contributed by atoms with Gasteiger partial charge in [-0.15, -0.1) is 0 Å². The van der Waals surface area contributed by atoms with Gasteiger partial charge in [0.25, 0.3) is 0 Å². The molecule has 0 spiro atoms. The van der Waals surface area contributed by atoms with E-state index < -0.39 is 47.9 Å². The van der Waals surface area contributed by atoms with E-state index in [1.54, 1.807) is 12.1 Å². The number of nitrogens with two attached hydrogens (primary N) is 1. The Bertz CT molecular complexity index is 781. The summed E-state index contributed by atoms with van der Waals surface area (Å²) in [7, 11) is 0. The Morgan fingerprint density at radius 2 is 1.42 bits per heavy atom. The number of phenols is 1.